The minimum Gasteiger partial charge on any atom is -0.481 e. The van der Waals surface area contributed by atoms with Crippen LogP contribution in [-0.2, 0) is 4.79 Å². The smallest absolute Gasteiger partial charge is 0.308 e. The van der Waals surface area contributed by atoms with Crippen molar-refractivity contribution in [2.24, 2.45) is 5.92 Å². The fourth-order valence-corrected chi connectivity index (χ4v) is 2.83. The van der Waals surface area contributed by atoms with Gasteiger partial charge in [0, 0.05) is 24.7 Å². The Hall–Kier alpha value is -2.83. The first-order chi connectivity index (χ1) is 10.5. The molecule has 2 atom stereocenters. The van der Waals surface area contributed by atoms with Crippen LogP contribution in [0.25, 0.3) is 0 Å². The fourth-order valence-electron chi connectivity index (χ4n) is 2.83. The molecule has 0 saturated carbocycles. The average molecular weight is 299 g/mol. The van der Waals surface area contributed by atoms with Gasteiger partial charge in [-0.25, -0.2) is 0 Å². The highest BCUT2D eigenvalue weighted by Crippen LogP contribution is 2.35. The summed E-state index contributed by atoms with van der Waals surface area (Å²) in [5.74, 6) is -0.445. The maximum absolute atomic E-state index is 11.6. The van der Waals surface area contributed by atoms with Crippen LogP contribution in [-0.4, -0.2) is 34.4 Å². The predicted molar refractivity (Wildman–Crippen MR) is 83.4 cm³/mol. The molecule has 3 rings (SSSR count). The van der Waals surface area contributed by atoms with Crippen LogP contribution in [0.2, 0.25) is 0 Å². The van der Waals surface area contributed by atoms with Crippen molar-refractivity contribution in [2.75, 3.05) is 29.5 Å². The maximum atomic E-state index is 11.6. The second kappa shape index (κ2) is 5.51. The molecule has 2 heterocycles. The zero-order valence-corrected chi connectivity index (χ0v) is 11.9. The SMILES string of the molecule is Nc1ccc([C@@H]2CN(c3ccc(N)nn3)CC2C(=O)O)cc1. The van der Waals surface area contributed by atoms with Crippen molar-refractivity contribution in [1.29, 1.82) is 0 Å². The Kier molecular flexibility index (Phi) is 3.54. The van der Waals surface area contributed by atoms with E-state index in [2.05, 4.69) is 10.2 Å². The molecule has 1 aliphatic rings. The van der Waals surface area contributed by atoms with Crippen LogP contribution in [0, 0.1) is 5.92 Å². The number of hydrogen-bond donors (Lipinski definition) is 3. The van der Waals surface area contributed by atoms with Gasteiger partial charge in [0.2, 0.25) is 0 Å². The summed E-state index contributed by atoms with van der Waals surface area (Å²) in [6.07, 6.45) is 0. The summed E-state index contributed by atoms with van der Waals surface area (Å²) in [7, 11) is 0. The lowest BCUT2D eigenvalue weighted by Gasteiger charge is -2.16. The van der Waals surface area contributed by atoms with Gasteiger partial charge in [0.1, 0.15) is 5.82 Å². The third kappa shape index (κ3) is 2.65. The van der Waals surface area contributed by atoms with Crippen molar-refractivity contribution in [3.63, 3.8) is 0 Å². The maximum Gasteiger partial charge on any atom is 0.308 e. The van der Waals surface area contributed by atoms with Crippen LogP contribution < -0.4 is 16.4 Å². The topological polar surface area (TPSA) is 118 Å². The third-order valence-electron chi connectivity index (χ3n) is 4.00. The molecule has 22 heavy (non-hydrogen) atoms. The number of anilines is 3. The van der Waals surface area contributed by atoms with Gasteiger partial charge in [-0.2, -0.15) is 0 Å². The zero-order valence-electron chi connectivity index (χ0n) is 11.9. The molecule has 5 N–H and O–H groups in total. The number of nitrogen functional groups attached to an aromatic ring is 2. The lowest BCUT2D eigenvalue weighted by molar-refractivity contribution is -0.141. The van der Waals surface area contributed by atoms with E-state index in [0.717, 1.165) is 5.56 Å². The van der Waals surface area contributed by atoms with Crippen LogP contribution in [0.15, 0.2) is 36.4 Å². The highest BCUT2D eigenvalue weighted by Gasteiger charge is 2.39. The van der Waals surface area contributed by atoms with Gasteiger partial charge < -0.3 is 21.5 Å². The van der Waals surface area contributed by atoms with Crippen molar-refractivity contribution in [3.8, 4) is 0 Å². The van der Waals surface area contributed by atoms with E-state index in [1.807, 2.05) is 17.0 Å². The molecule has 7 heteroatoms. The number of rotatable bonds is 3. The quantitative estimate of drug-likeness (QED) is 0.722. The predicted octanol–water partition coefficient (Wildman–Crippen LogP) is 0.946. The van der Waals surface area contributed by atoms with Crippen molar-refractivity contribution in [2.45, 2.75) is 5.92 Å². The van der Waals surface area contributed by atoms with E-state index in [4.69, 9.17) is 11.5 Å². The largest absolute Gasteiger partial charge is 0.481 e. The molecule has 0 aliphatic carbocycles. The molecule has 1 aromatic heterocycles. The van der Waals surface area contributed by atoms with E-state index in [1.165, 1.54) is 0 Å². The number of carboxylic acids is 1. The van der Waals surface area contributed by atoms with Crippen molar-refractivity contribution >= 4 is 23.3 Å². The molecule has 1 aliphatic heterocycles. The average Bonchev–Trinajstić information content (AvgIpc) is 2.94. The molecule has 1 aromatic carbocycles. The van der Waals surface area contributed by atoms with E-state index < -0.39 is 11.9 Å². The van der Waals surface area contributed by atoms with Gasteiger partial charge in [0.15, 0.2) is 5.82 Å². The van der Waals surface area contributed by atoms with E-state index in [-0.39, 0.29) is 5.92 Å². The molecular weight excluding hydrogens is 282 g/mol. The highest BCUT2D eigenvalue weighted by atomic mass is 16.4. The van der Waals surface area contributed by atoms with E-state index in [9.17, 15) is 9.90 Å². The number of carbonyl (C=O) groups is 1. The lowest BCUT2D eigenvalue weighted by Crippen LogP contribution is -2.24. The molecule has 1 unspecified atom stereocenters. The van der Waals surface area contributed by atoms with E-state index >= 15 is 0 Å². The summed E-state index contributed by atoms with van der Waals surface area (Å²) in [6.45, 7) is 0.961. The molecule has 0 radical (unpaired) electrons. The van der Waals surface area contributed by atoms with Gasteiger partial charge in [-0.3, -0.25) is 4.79 Å². The van der Waals surface area contributed by atoms with Crippen LogP contribution in [0.1, 0.15) is 11.5 Å². The molecule has 0 amide bonds. The van der Waals surface area contributed by atoms with Crippen molar-refractivity contribution in [3.05, 3.63) is 42.0 Å². The van der Waals surface area contributed by atoms with E-state index in [0.29, 0.717) is 30.4 Å². The number of nitrogens with zero attached hydrogens (tertiary/aromatic N) is 3. The van der Waals surface area contributed by atoms with Crippen molar-refractivity contribution in [1.82, 2.24) is 10.2 Å². The number of nitrogens with two attached hydrogens (primary N) is 2. The minimum absolute atomic E-state index is 0.113. The van der Waals surface area contributed by atoms with Crippen molar-refractivity contribution < 1.29 is 9.90 Å². The van der Waals surface area contributed by atoms with Crippen LogP contribution >= 0.6 is 0 Å². The Morgan fingerprint density at radius 2 is 1.82 bits per heavy atom. The summed E-state index contributed by atoms with van der Waals surface area (Å²) in [5, 5.41) is 17.4. The number of benzene rings is 1. The molecule has 0 bridgehead atoms. The highest BCUT2D eigenvalue weighted by molar-refractivity contribution is 5.74. The third-order valence-corrected chi connectivity index (χ3v) is 4.00. The number of hydrogen-bond acceptors (Lipinski definition) is 6. The Balaban J connectivity index is 1.87. The number of carboxylic acid groups (broad SMARTS) is 1. The second-order valence-electron chi connectivity index (χ2n) is 5.44. The van der Waals surface area contributed by atoms with E-state index in [1.54, 1.807) is 24.3 Å². The van der Waals surface area contributed by atoms with Gasteiger partial charge >= 0.3 is 5.97 Å². The zero-order chi connectivity index (χ0) is 15.7. The van der Waals surface area contributed by atoms with Gasteiger partial charge in [-0.1, -0.05) is 12.1 Å². The molecule has 114 valence electrons. The van der Waals surface area contributed by atoms with Crippen LogP contribution in [0.3, 0.4) is 0 Å². The number of aromatic nitrogens is 2. The van der Waals surface area contributed by atoms with Gasteiger partial charge in [0.05, 0.1) is 5.92 Å². The van der Waals surface area contributed by atoms with Crippen LogP contribution in [0.4, 0.5) is 17.3 Å². The lowest BCUT2D eigenvalue weighted by atomic mass is 9.89. The normalized spacial score (nSPS) is 21.0. The summed E-state index contributed by atoms with van der Waals surface area (Å²) >= 11 is 0. The standard InChI is InChI=1S/C15H17N5O2/c16-10-3-1-9(2-4-10)11-7-20(8-12(11)15(21)22)14-6-5-13(17)18-19-14/h1-6,11-12H,7-8,16H2,(H2,17,18)(H,21,22)/t11-,12?/m0/s1. The Morgan fingerprint density at radius 1 is 1.09 bits per heavy atom. The molecule has 7 nitrogen and oxygen atoms in total. The number of aliphatic carboxylic acids is 1. The first-order valence-corrected chi connectivity index (χ1v) is 6.97. The molecule has 2 aromatic rings. The minimum atomic E-state index is -0.812. The van der Waals surface area contributed by atoms with Gasteiger partial charge in [0.25, 0.3) is 0 Å². The summed E-state index contributed by atoms with van der Waals surface area (Å²) in [4.78, 5) is 13.5. The summed E-state index contributed by atoms with van der Waals surface area (Å²) in [6, 6.07) is 10.8. The monoisotopic (exact) mass is 299 g/mol. The first kappa shape index (κ1) is 14.1. The first-order valence-electron chi connectivity index (χ1n) is 6.97. The Morgan fingerprint density at radius 3 is 2.41 bits per heavy atom. The summed E-state index contributed by atoms with van der Waals surface area (Å²) in [5.41, 5.74) is 12.9. The van der Waals surface area contributed by atoms with Crippen LogP contribution in [0.5, 0.6) is 0 Å². The second-order valence-corrected chi connectivity index (χ2v) is 5.44. The molecule has 1 fully saturated rings. The van der Waals surface area contributed by atoms with Gasteiger partial charge in [-0.05, 0) is 29.8 Å². The summed E-state index contributed by atoms with van der Waals surface area (Å²) < 4.78 is 0. The Labute approximate surface area is 127 Å². The Bertz CT molecular complexity index is 671. The molecular formula is C15H17N5O2. The fraction of sp³-hybridized carbons (Fsp3) is 0.267. The van der Waals surface area contributed by atoms with Gasteiger partial charge in [-0.15, -0.1) is 10.2 Å². The molecule has 1 saturated heterocycles. The molecule has 0 spiro atoms.